The molecule has 0 aromatic rings. The lowest BCUT2D eigenvalue weighted by Crippen LogP contribution is -2.64. The third-order valence-electron chi connectivity index (χ3n) is 2.49. The number of carbonyl (C=O) groups is 1. The van der Waals surface area contributed by atoms with Crippen LogP contribution < -0.4 is 5.32 Å². The standard InChI is InChI=1S/C8H16NO9P/c1-3(11)9-5-7(13)6(12)4(2-10)17-8(5)18-19(14,15)16/h4-8,10,12-13H,2H2,1H3,(H,9,11)(H2,14,15,16)/t4-,5-,6-,7+,8-/m1/s1. The first kappa shape index (κ1) is 16.5. The molecule has 1 aliphatic heterocycles. The van der Waals surface area contributed by atoms with Gasteiger partial charge in [0.15, 0.2) is 6.29 Å². The number of carbonyl (C=O) groups excluding carboxylic acids is 1. The van der Waals surface area contributed by atoms with E-state index in [1.54, 1.807) is 0 Å². The second-order valence-corrected chi connectivity index (χ2v) is 5.22. The summed E-state index contributed by atoms with van der Waals surface area (Å²) in [7, 11) is -4.95. The van der Waals surface area contributed by atoms with Crippen molar-refractivity contribution in [1.29, 1.82) is 0 Å². The summed E-state index contributed by atoms with van der Waals surface area (Å²) in [6.45, 7) is 0.401. The van der Waals surface area contributed by atoms with E-state index in [9.17, 15) is 19.6 Å². The minimum atomic E-state index is -4.95. The van der Waals surface area contributed by atoms with Crippen molar-refractivity contribution in [3.05, 3.63) is 0 Å². The summed E-state index contributed by atoms with van der Waals surface area (Å²) >= 11 is 0. The van der Waals surface area contributed by atoms with Gasteiger partial charge in [-0.1, -0.05) is 0 Å². The van der Waals surface area contributed by atoms with E-state index in [2.05, 4.69) is 9.84 Å². The Labute approximate surface area is 108 Å². The Morgan fingerprint density at radius 2 is 1.95 bits per heavy atom. The zero-order valence-corrected chi connectivity index (χ0v) is 10.8. The van der Waals surface area contributed by atoms with Crippen molar-refractivity contribution in [3.8, 4) is 0 Å². The number of ether oxygens (including phenoxy) is 1. The van der Waals surface area contributed by atoms with E-state index >= 15 is 0 Å². The number of hydrogen-bond acceptors (Lipinski definition) is 7. The summed E-state index contributed by atoms with van der Waals surface area (Å²) < 4.78 is 20.0. The predicted molar refractivity (Wildman–Crippen MR) is 58.5 cm³/mol. The van der Waals surface area contributed by atoms with E-state index < -0.39 is 51.0 Å². The molecule has 0 unspecified atom stereocenters. The van der Waals surface area contributed by atoms with Gasteiger partial charge < -0.3 is 35.2 Å². The Hall–Kier alpha value is -0.580. The average Bonchev–Trinajstić information content (AvgIpc) is 2.26. The number of aliphatic hydroxyl groups is 3. The number of phosphoric acid groups is 1. The van der Waals surface area contributed by atoms with Gasteiger partial charge in [0.25, 0.3) is 0 Å². The van der Waals surface area contributed by atoms with Crippen LogP contribution in [0.15, 0.2) is 0 Å². The van der Waals surface area contributed by atoms with Gasteiger partial charge in [0.2, 0.25) is 5.91 Å². The molecule has 6 N–H and O–H groups in total. The van der Waals surface area contributed by atoms with Crippen LogP contribution in [0.3, 0.4) is 0 Å². The van der Waals surface area contributed by atoms with Crippen LogP contribution in [-0.2, 0) is 18.6 Å². The van der Waals surface area contributed by atoms with Crippen LogP contribution in [-0.4, -0.2) is 68.3 Å². The molecule has 1 fully saturated rings. The molecule has 1 heterocycles. The van der Waals surface area contributed by atoms with E-state index in [-0.39, 0.29) is 0 Å². The fraction of sp³-hybridized carbons (Fsp3) is 0.875. The van der Waals surface area contributed by atoms with Crippen molar-refractivity contribution in [3.63, 3.8) is 0 Å². The summed E-state index contributed by atoms with van der Waals surface area (Å²) in [5.74, 6) is -0.624. The minimum absolute atomic E-state index is 0.624. The van der Waals surface area contributed by atoms with Crippen LogP contribution in [0.1, 0.15) is 6.92 Å². The lowest BCUT2D eigenvalue weighted by Gasteiger charge is -2.41. The zero-order chi connectivity index (χ0) is 14.8. The second kappa shape index (κ2) is 6.25. The molecule has 0 radical (unpaired) electrons. The maximum Gasteiger partial charge on any atom is 0.472 e. The second-order valence-electron chi connectivity index (χ2n) is 4.03. The first-order valence-corrected chi connectivity index (χ1v) is 6.82. The Bertz CT molecular complexity index is 371. The summed E-state index contributed by atoms with van der Waals surface area (Å²) in [4.78, 5) is 28.4. The van der Waals surface area contributed by atoms with Gasteiger partial charge in [0.1, 0.15) is 24.4 Å². The molecule has 1 aliphatic rings. The fourth-order valence-corrected chi connectivity index (χ4v) is 2.15. The van der Waals surface area contributed by atoms with Crippen LogP contribution in [0, 0.1) is 0 Å². The van der Waals surface area contributed by atoms with Crippen molar-refractivity contribution in [2.24, 2.45) is 0 Å². The van der Waals surface area contributed by atoms with Gasteiger partial charge in [-0.3, -0.25) is 9.32 Å². The van der Waals surface area contributed by atoms with Crippen molar-refractivity contribution in [2.75, 3.05) is 6.61 Å². The predicted octanol–water partition coefficient (Wildman–Crippen LogP) is -2.96. The van der Waals surface area contributed by atoms with Gasteiger partial charge in [-0.15, -0.1) is 0 Å². The molecule has 0 aliphatic carbocycles. The highest BCUT2D eigenvalue weighted by Gasteiger charge is 2.47. The molecular formula is C8H16NO9P. The van der Waals surface area contributed by atoms with Crippen LogP contribution in [0.4, 0.5) is 0 Å². The van der Waals surface area contributed by atoms with Crippen LogP contribution in [0.25, 0.3) is 0 Å². The molecule has 0 spiro atoms. The molecule has 1 rings (SSSR count). The monoisotopic (exact) mass is 301 g/mol. The van der Waals surface area contributed by atoms with Gasteiger partial charge in [-0.05, 0) is 0 Å². The summed E-state index contributed by atoms with van der Waals surface area (Å²) in [5.41, 5.74) is 0. The molecule has 1 saturated heterocycles. The number of amides is 1. The molecule has 0 aromatic heterocycles. The molecule has 0 saturated carbocycles. The maximum atomic E-state index is 11.0. The van der Waals surface area contributed by atoms with Crippen molar-refractivity contribution in [2.45, 2.75) is 37.6 Å². The van der Waals surface area contributed by atoms with Gasteiger partial charge in [-0.25, -0.2) is 4.57 Å². The lowest BCUT2D eigenvalue weighted by molar-refractivity contribution is -0.248. The average molecular weight is 301 g/mol. The Kier molecular flexibility index (Phi) is 5.42. The lowest BCUT2D eigenvalue weighted by atomic mass is 9.97. The SMILES string of the molecule is CC(=O)N[C@H]1[C@@H](OP(=O)(O)O)O[C@H](CO)[C@@H](O)[C@H]1O. The minimum Gasteiger partial charge on any atom is -0.394 e. The van der Waals surface area contributed by atoms with Crippen LogP contribution in [0.5, 0.6) is 0 Å². The highest BCUT2D eigenvalue weighted by atomic mass is 31.2. The molecule has 5 atom stereocenters. The number of aliphatic hydroxyl groups excluding tert-OH is 3. The van der Waals surface area contributed by atoms with Crippen molar-refractivity contribution in [1.82, 2.24) is 5.32 Å². The van der Waals surface area contributed by atoms with Gasteiger partial charge in [0.05, 0.1) is 6.61 Å². The summed E-state index contributed by atoms with van der Waals surface area (Å²) in [5, 5.41) is 30.5. The van der Waals surface area contributed by atoms with Crippen LogP contribution in [0.2, 0.25) is 0 Å². The zero-order valence-electron chi connectivity index (χ0n) is 9.91. The smallest absolute Gasteiger partial charge is 0.394 e. The van der Waals surface area contributed by atoms with E-state index in [0.717, 1.165) is 6.92 Å². The number of phosphoric ester groups is 1. The molecule has 11 heteroatoms. The highest BCUT2D eigenvalue weighted by molar-refractivity contribution is 7.46. The van der Waals surface area contributed by atoms with E-state index in [1.165, 1.54) is 0 Å². The van der Waals surface area contributed by atoms with E-state index in [4.69, 9.17) is 19.6 Å². The fourth-order valence-electron chi connectivity index (χ4n) is 1.70. The summed E-state index contributed by atoms with van der Waals surface area (Å²) in [6, 6.07) is -1.39. The highest BCUT2D eigenvalue weighted by Crippen LogP contribution is 2.40. The number of nitrogens with one attached hydrogen (secondary N) is 1. The molecule has 0 aromatic carbocycles. The Balaban J connectivity index is 2.92. The quantitative estimate of drug-likeness (QED) is 0.297. The first-order chi connectivity index (χ1) is 8.65. The van der Waals surface area contributed by atoms with E-state index in [1.807, 2.05) is 0 Å². The Morgan fingerprint density at radius 3 is 2.37 bits per heavy atom. The van der Waals surface area contributed by atoms with Gasteiger partial charge in [-0.2, -0.15) is 0 Å². The van der Waals surface area contributed by atoms with Crippen molar-refractivity contribution >= 4 is 13.7 Å². The molecule has 0 bridgehead atoms. The van der Waals surface area contributed by atoms with Crippen LogP contribution >= 0.6 is 7.82 Å². The maximum absolute atomic E-state index is 11.0. The van der Waals surface area contributed by atoms with Crippen molar-refractivity contribution < 1.29 is 43.7 Å². The summed E-state index contributed by atoms with van der Waals surface area (Å²) in [6.07, 6.45) is -6.17. The van der Waals surface area contributed by atoms with E-state index in [0.29, 0.717) is 0 Å². The third kappa shape index (κ3) is 4.48. The largest absolute Gasteiger partial charge is 0.472 e. The molecular weight excluding hydrogens is 285 g/mol. The Morgan fingerprint density at radius 1 is 1.37 bits per heavy atom. The molecule has 112 valence electrons. The number of hydrogen-bond donors (Lipinski definition) is 6. The normalized spacial score (nSPS) is 36.0. The topological polar surface area (TPSA) is 166 Å². The molecule has 10 nitrogen and oxygen atoms in total. The molecule has 19 heavy (non-hydrogen) atoms. The first-order valence-electron chi connectivity index (χ1n) is 5.29. The van der Waals surface area contributed by atoms with Gasteiger partial charge >= 0.3 is 7.82 Å². The molecule has 1 amide bonds. The van der Waals surface area contributed by atoms with Gasteiger partial charge in [0, 0.05) is 6.92 Å². The third-order valence-corrected chi connectivity index (χ3v) is 2.97. The number of rotatable bonds is 4.